The number of hydrogen-bond acceptors (Lipinski definition) is 1. The number of halogens is 2. The molecule has 0 aromatic heterocycles. The zero-order chi connectivity index (χ0) is 13.1. The van der Waals surface area contributed by atoms with Crippen LogP contribution in [0.5, 0.6) is 0 Å². The van der Waals surface area contributed by atoms with Crippen LogP contribution in [0.3, 0.4) is 0 Å². The summed E-state index contributed by atoms with van der Waals surface area (Å²) in [6, 6.07) is 11.1. The fourth-order valence-electron chi connectivity index (χ4n) is 1.75. The quantitative estimate of drug-likeness (QED) is 0.769. The summed E-state index contributed by atoms with van der Waals surface area (Å²) in [5.41, 5.74) is 2.21. The number of carbonyl (C=O) groups is 1. The van der Waals surface area contributed by atoms with E-state index in [2.05, 4.69) is 15.9 Å². The molecule has 2 aromatic rings. The van der Waals surface area contributed by atoms with Gasteiger partial charge in [0.15, 0.2) is 5.78 Å². The van der Waals surface area contributed by atoms with Crippen molar-refractivity contribution in [2.75, 3.05) is 0 Å². The molecule has 0 heterocycles. The zero-order valence-corrected chi connectivity index (χ0v) is 11.5. The highest BCUT2D eigenvalue weighted by molar-refractivity contribution is 9.10. The van der Waals surface area contributed by atoms with Gasteiger partial charge in [-0.15, -0.1) is 0 Å². The molecule has 18 heavy (non-hydrogen) atoms. The number of aryl methyl sites for hydroxylation is 1. The zero-order valence-electron chi connectivity index (χ0n) is 9.91. The molecular formula is C15H12BrFO. The third-order valence-corrected chi connectivity index (χ3v) is 3.57. The molecule has 1 nitrogen and oxygen atoms in total. The molecule has 0 bridgehead atoms. The minimum Gasteiger partial charge on any atom is -0.289 e. The van der Waals surface area contributed by atoms with Crippen molar-refractivity contribution in [3.05, 3.63) is 69.4 Å². The van der Waals surface area contributed by atoms with Crippen LogP contribution in [0, 0.1) is 5.82 Å². The summed E-state index contributed by atoms with van der Waals surface area (Å²) < 4.78 is 13.8. The number of benzene rings is 2. The number of rotatable bonds is 3. The maximum absolute atomic E-state index is 12.8. The standard InChI is InChI=1S/C15H12BrFO/c1-2-10-9-12(5-8-14(10)16)15(18)11-3-6-13(17)7-4-11/h3-9H,2H2,1H3. The lowest BCUT2D eigenvalue weighted by atomic mass is 10.0. The largest absolute Gasteiger partial charge is 0.289 e. The number of hydrogen-bond donors (Lipinski definition) is 0. The van der Waals surface area contributed by atoms with E-state index >= 15 is 0 Å². The number of carbonyl (C=O) groups excluding carboxylic acids is 1. The molecule has 3 heteroatoms. The minimum absolute atomic E-state index is 0.0859. The molecule has 0 saturated heterocycles. The average molecular weight is 307 g/mol. The molecule has 0 radical (unpaired) electrons. The van der Waals surface area contributed by atoms with Gasteiger partial charge in [-0.1, -0.05) is 22.9 Å². The van der Waals surface area contributed by atoms with Gasteiger partial charge < -0.3 is 0 Å². The highest BCUT2D eigenvalue weighted by Gasteiger charge is 2.10. The van der Waals surface area contributed by atoms with E-state index in [1.165, 1.54) is 24.3 Å². The Morgan fingerprint density at radius 2 is 1.72 bits per heavy atom. The van der Waals surface area contributed by atoms with Crippen LogP contribution in [-0.4, -0.2) is 5.78 Å². The first-order valence-corrected chi connectivity index (χ1v) is 6.50. The summed E-state index contributed by atoms with van der Waals surface area (Å²) in [6.45, 7) is 2.03. The van der Waals surface area contributed by atoms with Crippen molar-refractivity contribution in [2.45, 2.75) is 13.3 Å². The van der Waals surface area contributed by atoms with Crippen LogP contribution in [0.4, 0.5) is 4.39 Å². The number of ketones is 1. The van der Waals surface area contributed by atoms with Crippen LogP contribution in [0.25, 0.3) is 0 Å². The van der Waals surface area contributed by atoms with Crippen molar-refractivity contribution >= 4 is 21.7 Å². The highest BCUT2D eigenvalue weighted by atomic mass is 79.9. The van der Waals surface area contributed by atoms with Gasteiger partial charge in [0.25, 0.3) is 0 Å². The fourth-order valence-corrected chi connectivity index (χ4v) is 2.28. The third kappa shape index (κ3) is 2.67. The predicted octanol–water partition coefficient (Wildman–Crippen LogP) is 4.38. The Bertz CT molecular complexity index is 576. The molecule has 0 spiro atoms. The van der Waals surface area contributed by atoms with Crippen molar-refractivity contribution in [3.63, 3.8) is 0 Å². The van der Waals surface area contributed by atoms with Crippen LogP contribution >= 0.6 is 15.9 Å². The van der Waals surface area contributed by atoms with Crippen molar-refractivity contribution in [3.8, 4) is 0 Å². The summed E-state index contributed by atoms with van der Waals surface area (Å²) in [5, 5.41) is 0. The minimum atomic E-state index is -0.336. The SMILES string of the molecule is CCc1cc(C(=O)c2ccc(F)cc2)ccc1Br. The Labute approximate surface area is 114 Å². The summed E-state index contributed by atoms with van der Waals surface area (Å²) in [7, 11) is 0. The highest BCUT2D eigenvalue weighted by Crippen LogP contribution is 2.20. The van der Waals surface area contributed by atoms with Gasteiger partial charge in [-0.25, -0.2) is 4.39 Å². The molecule has 0 fully saturated rings. The molecule has 0 saturated carbocycles. The Hall–Kier alpha value is -1.48. The lowest BCUT2D eigenvalue weighted by Crippen LogP contribution is -2.02. The average Bonchev–Trinajstić information content (AvgIpc) is 2.39. The van der Waals surface area contributed by atoms with Gasteiger partial charge in [0.05, 0.1) is 0 Å². The molecule has 0 amide bonds. The topological polar surface area (TPSA) is 17.1 Å². The van der Waals surface area contributed by atoms with Crippen LogP contribution in [0.15, 0.2) is 46.9 Å². The molecule has 0 aliphatic heterocycles. The normalized spacial score (nSPS) is 10.4. The molecule has 2 aromatic carbocycles. The molecule has 0 unspecified atom stereocenters. The van der Waals surface area contributed by atoms with Gasteiger partial charge in [-0.05, 0) is 54.4 Å². The van der Waals surface area contributed by atoms with Crippen LogP contribution in [-0.2, 0) is 6.42 Å². The molecule has 0 aliphatic carbocycles. The van der Waals surface area contributed by atoms with Crippen LogP contribution in [0.2, 0.25) is 0 Å². The lowest BCUT2D eigenvalue weighted by Gasteiger charge is -2.05. The van der Waals surface area contributed by atoms with E-state index in [1.54, 1.807) is 6.07 Å². The Morgan fingerprint density at radius 3 is 2.33 bits per heavy atom. The van der Waals surface area contributed by atoms with Crippen molar-refractivity contribution in [2.24, 2.45) is 0 Å². The smallest absolute Gasteiger partial charge is 0.193 e. The van der Waals surface area contributed by atoms with E-state index in [9.17, 15) is 9.18 Å². The first-order chi connectivity index (χ1) is 8.61. The Balaban J connectivity index is 2.37. The maximum Gasteiger partial charge on any atom is 0.193 e. The fraction of sp³-hybridized carbons (Fsp3) is 0.133. The van der Waals surface area contributed by atoms with Crippen molar-refractivity contribution < 1.29 is 9.18 Å². The second kappa shape index (κ2) is 5.44. The van der Waals surface area contributed by atoms with Crippen LogP contribution < -0.4 is 0 Å². The van der Waals surface area contributed by atoms with E-state index in [4.69, 9.17) is 0 Å². The van der Waals surface area contributed by atoms with E-state index in [1.807, 2.05) is 19.1 Å². The second-order valence-electron chi connectivity index (χ2n) is 4.00. The molecular weight excluding hydrogens is 295 g/mol. The molecule has 92 valence electrons. The molecule has 0 N–H and O–H groups in total. The van der Waals surface area contributed by atoms with E-state index in [0.29, 0.717) is 11.1 Å². The van der Waals surface area contributed by atoms with E-state index in [0.717, 1.165) is 16.5 Å². The Morgan fingerprint density at radius 1 is 1.11 bits per heavy atom. The third-order valence-electron chi connectivity index (χ3n) is 2.80. The molecule has 0 atom stereocenters. The first kappa shape index (κ1) is 13.0. The van der Waals surface area contributed by atoms with Crippen molar-refractivity contribution in [1.29, 1.82) is 0 Å². The maximum atomic E-state index is 12.8. The molecule has 0 aliphatic rings. The Kier molecular flexibility index (Phi) is 3.92. The van der Waals surface area contributed by atoms with E-state index in [-0.39, 0.29) is 11.6 Å². The monoisotopic (exact) mass is 306 g/mol. The van der Waals surface area contributed by atoms with Gasteiger partial charge in [0.2, 0.25) is 0 Å². The summed E-state index contributed by atoms with van der Waals surface area (Å²) in [6.07, 6.45) is 0.852. The van der Waals surface area contributed by atoms with Gasteiger partial charge in [-0.2, -0.15) is 0 Å². The first-order valence-electron chi connectivity index (χ1n) is 5.70. The van der Waals surface area contributed by atoms with Crippen molar-refractivity contribution in [1.82, 2.24) is 0 Å². The van der Waals surface area contributed by atoms with E-state index < -0.39 is 0 Å². The van der Waals surface area contributed by atoms with Crippen LogP contribution in [0.1, 0.15) is 28.4 Å². The second-order valence-corrected chi connectivity index (χ2v) is 4.85. The van der Waals surface area contributed by atoms with Gasteiger partial charge in [0, 0.05) is 15.6 Å². The summed E-state index contributed by atoms with van der Waals surface area (Å²) in [4.78, 5) is 12.2. The predicted molar refractivity (Wildman–Crippen MR) is 73.4 cm³/mol. The lowest BCUT2D eigenvalue weighted by molar-refractivity contribution is 0.103. The van der Waals surface area contributed by atoms with Gasteiger partial charge in [0.1, 0.15) is 5.82 Å². The molecule has 2 rings (SSSR count). The summed E-state index contributed by atoms with van der Waals surface area (Å²) >= 11 is 3.44. The van der Waals surface area contributed by atoms with Gasteiger partial charge >= 0.3 is 0 Å². The van der Waals surface area contributed by atoms with Gasteiger partial charge in [-0.3, -0.25) is 4.79 Å². The summed E-state index contributed by atoms with van der Waals surface area (Å²) in [5.74, 6) is -0.422.